The summed E-state index contributed by atoms with van der Waals surface area (Å²) in [6.45, 7) is 2.00. The van der Waals surface area contributed by atoms with Gasteiger partial charge in [0.05, 0.1) is 21.3 Å². The van der Waals surface area contributed by atoms with Gasteiger partial charge in [0.15, 0.2) is 0 Å². The van der Waals surface area contributed by atoms with Gasteiger partial charge in [0.2, 0.25) is 6.17 Å². The minimum absolute atomic E-state index is 0.0211. The van der Waals surface area contributed by atoms with Gasteiger partial charge >= 0.3 is 6.01 Å². The largest absolute Gasteiger partial charge is 0.402 e. The van der Waals surface area contributed by atoms with E-state index >= 15 is 0 Å². The van der Waals surface area contributed by atoms with Gasteiger partial charge in [0.25, 0.3) is 11.8 Å². The Kier molecular flexibility index (Phi) is 6.31. The van der Waals surface area contributed by atoms with Crippen LogP contribution in [-0.2, 0) is 11.2 Å². The van der Waals surface area contributed by atoms with Gasteiger partial charge in [0.1, 0.15) is 17.3 Å². The van der Waals surface area contributed by atoms with E-state index in [0.717, 1.165) is 46.1 Å². The molecule has 4 heterocycles. The Bertz CT molecular complexity index is 1780. The quantitative estimate of drug-likeness (QED) is 0.266. The number of nitrogens with zero attached hydrogens (tertiary/aromatic N) is 6. The Morgan fingerprint density at radius 1 is 1.05 bits per heavy atom. The maximum Gasteiger partial charge on any atom is 0.317 e. The van der Waals surface area contributed by atoms with E-state index in [2.05, 4.69) is 35.8 Å². The fraction of sp³-hybridized carbons (Fsp3) is 0.207. The smallest absolute Gasteiger partial charge is 0.317 e. The van der Waals surface area contributed by atoms with Crippen molar-refractivity contribution in [2.24, 2.45) is 4.99 Å². The molecule has 7 rings (SSSR count). The van der Waals surface area contributed by atoms with Gasteiger partial charge in [0, 0.05) is 41.4 Å². The number of nitrogens with one attached hydrogen (secondary N) is 2. The van der Waals surface area contributed by atoms with Crippen LogP contribution >= 0.6 is 11.3 Å². The number of halogens is 1. The predicted octanol–water partition coefficient (Wildman–Crippen LogP) is 5.46. The van der Waals surface area contributed by atoms with Crippen LogP contribution in [0.3, 0.4) is 0 Å². The molecule has 12 heteroatoms. The van der Waals surface area contributed by atoms with Crippen molar-refractivity contribution in [2.45, 2.75) is 38.3 Å². The van der Waals surface area contributed by atoms with Crippen molar-refractivity contribution in [3.63, 3.8) is 0 Å². The number of hydrogen-bond donors (Lipinski definition) is 2. The highest BCUT2D eigenvalue weighted by Gasteiger charge is 2.32. The van der Waals surface area contributed by atoms with Gasteiger partial charge < -0.3 is 15.1 Å². The van der Waals surface area contributed by atoms with Crippen molar-refractivity contribution in [1.29, 1.82) is 0 Å². The van der Waals surface area contributed by atoms with E-state index in [1.54, 1.807) is 35.9 Å². The number of benzene rings is 2. The number of fused-ring (bicyclic) bond motifs is 1. The molecule has 10 nitrogen and oxygen atoms in total. The van der Waals surface area contributed by atoms with Crippen LogP contribution in [0.2, 0.25) is 0 Å². The van der Waals surface area contributed by atoms with Crippen molar-refractivity contribution in [1.82, 2.24) is 25.1 Å². The number of amides is 1. The first-order valence-corrected chi connectivity index (χ1v) is 14.0. The van der Waals surface area contributed by atoms with Crippen LogP contribution in [-0.4, -0.2) is 42.9 Å². The van der Waals surface area contributed by atoms with Crippen LogP contribution in [0.15, 0.2) is 70.3 Å². The highest BCUT2D eigenvalue weighted by Crippen LogP contribution is 2.46. The number of aliphatic imine (C=N–C) groups is 1. The molecule has 3 aromatic heterocycles. The third kappa shape index (κ3) is 4.86. The normalized spacial score (nSPS) is 16.5. The van der Waals surface area contributed by atoms with Crippen LogP contribution in [0.4, 0.5) is 16.1 Å². The van der Waals surface area contributed by atoms with E-state index in [0.29, 0.717) is 22.9 Å². The van der Waals surface area contributed by atoms with E-state index in [1.807, 2.05) is 37.3 Å². The first-order valence-electron chi connectivity index (χ1n) is 13.2. The summed E-state index contributed by atoms with van der Waals surface area (Å²) >= 11 is 1.57. The summed E-state index contributed by atoms with van der Waals surface area (Å²) in [6.07, 6.45) is 5.31. The average molecular weight is 567 g/mol. The SMILES string of the molecule is CCc1ncc(-c2sc(C3CC3)nc2-c2nnc(N[C@@H]3N=C(c4ccccc4)c4cccc(F)c4NC3=O)o2)cn1. The molecule has 2 N–H and O–H groups in total. The maximum atomic E-state index is 14.8. The number of rotatable bonds is 7. The lowest BCUT2D eigenvalue weighted by Crippen LogP contribution is -2.32. The molecule has 1 amide bonds. The molecule has 0 unspecified atom stereocenters. The zero-order valence-electron chi connectivity index (χ0n) is 21.8. The van der Waals surface area contributed by atoms with Crippen molar-refractivity contribution in [3.8, 4) is 22.0 Å². The molecule has 0 radical (unpaired) electrons. The minimum Gasteiger partial charge on any atom is -0.402 e. The number of aryl methyl sites for hydroxylation is 1. The number of hydrogen-bond acceptors (Lipinski definition) is 10. The molecule has 1 saturated carbocycles. The fourth-order valence-corrected chi connectivity index (χ4v) is 5.75. The lowest BCUT2D eigenvalue weighted by Gasteiger charge is -2.11. The number of benzodiazepines with no additional fused rings is 1. The summed E-state index contributed by atoms with van der Waals surface area (Å²) in [5.74, 6) is 0.247. The van der Waals surface area contributed by atoms with E-state index < -0.39 is 17.9 Å². The zero-order valence-corrected chi connectivity index (χ0v) is 22.7. The number of aromatic nitrogens is 5. The lowest BCUT2D eigenvalue weighted by molar-refractivity contribution is -0.116. The van der Waals surface area contributed by atoms with Crippen LogP contribution in [0.25, 0.3) is 22.0 Å². The summed E-state index contributed by atoms with van der Waals surface area (Å²) in [5, 5.41) is 14.9. The number of carbonyl (C=O) groups excluding carboxylic acids is 1. The second-order valence-corrected chi connectivity index (χ2v) is 10.7. The fourth-order valence-electron chi connectivity index (χ4n) is 4.55. The molecule has 2 aromatic carbocycles. The Hall–Kier alpha value is -4.84. The molecule has 0 bridgehead atoms. The molecule has 0 saturated heterocycles. The van der Waals surface area contributed by atoms with Gasteiger partial charge in [-0.3, -0.25) is 4.79 Å². The standard InChI is InChI=1S/C29H23FN8O2S/c1-2-20-31-13-17(14-32-20)24-23(35-28(41-24)16-11-12-16)27-37-38-29(40-27)36-25-26(39)34-22-18(9-6-10-19(22)30)21(33-25)15-7-4-3-5-8-15/h3-10,13-14,16,25H,2,11-12H2,1H3,(H,34,39)(H,36,38)/t25-/m0/s1. The van der Waals surface area contributed by atoms with Crippen LogP contribution in [0.5, 0.6) is 0 Å². The summed E-state index contributed by atoms with van der Waals surface area (Å²) in [7, 11) is 0. The van der Waals surface area contributed by atoms with Gasteiger partial charge in [-0.1, -0.05) is 54.5 Å². The van der Waals surface area contributed by atoms with E-state index in [9.17, 15) is 9.18 Å². The number of para-hydroxylation sites is 1. The third-order valence-electron chi connectivity index (χ3n) is 6.81. The highest BCUT2D eigenvalue weighted by atomic mass is 32.1. The second-order valence-electron chi connectivity index (χ2n) is 9.70. The van der Waals surface area contributed by atoms with E-state index in [1.165, 1.54) is 6.07 Å². The van der Waals surface area contributed by atoms with E-state index in [4.69, 9.17) is 9.40 Å². The molecule has 41 heavy (non-hydrogen) atoms. The first kappa shape index (κ1) is 25.1. The molecule has 1 atom stereocenters. The van der Waals surface area contributed by atoms with Gasteiger partial charge in [-0.25, -0.2) is 24.3 Å². The van der Waals surface area contributed by atoms with Gasteiger partial charge in [-0.05, 0) is 18.9 Å². The van der Waals surface area contributed by atoms with Crippen molar-refractivity contribution in [2.75, 3.05) is 10.6 Å². The summed E-state index contributed by atoms with van der Waals surface area (Å²) < 4.78 is 20.8. The molecule has 204 valence electrons. The monoisotopic (exact) mass is 566 g/mol. The van der Waals surface area contributed by atoms with Crippen LogP contribution in [0.1, 0.15) is 47.6 Å². The predicted molar refractivity (Wildman–Crippen MR) is 152 cm³/mol. The zero-order chi connectivity index (χ0) is 27.9. The van der Waals surface area contributed by atoms with Crippen LogP contribution < -0.4 is 10.6 Å². The van der Waals surface area contributed by atoms with E-state index in [-0.39, 0.29) is 17.6 Å². The summed E-state index contributed by atoms with van der Waals surface area (Å²) in [5.41, 5.74) is 3.06. The molecule has 1 fully saturated rings. The molecule has 0 spiro atoms. The molecule has 5 aromatic rings. The Labute approximate surface area is 237 Å². The van der Waals surface area contributed by atoms with Crippen molar-refractivity contribution >= 4 is 34.7 Å². The topological polar surface area (TPSA) is 131 Å². The Morgan fingerprint density at radius 2 is 1.85 bits per heavy atom. The summed E-state index contributed by atoms with van der Waals surface area (Å²) in [6, 6.07) is 13.9. The molecule has 1 aliphatic heterocycles. The lowest BCUT2D eigenvalue weighted by atomic mass is 10.0. The molecule has 1 aliphatic carbocycles. The second kappa shape index (κ2) is 10.3. The van der Waals surface area contributed by atoms with Crippen molar-refractivity contribution in [3.05, 3.63) is 88.7 Å². The van der Waals surface area contributed by atoms with Gasteiger partial charge in [-0.15, -0.1) is 16.4 Å². The molecular weight excluding hydrogens is 543 g/mol. The maximum absolute atomic E-state index is 14.8. The Balaban J connectivity index is 1.23. The number of anilines is 2. The van der Waals surface area contributed by atoms with Gasteiger partial charge in [-0.2, -0.15) is 0 Å². The summed E-state index contributed by atoms with van der Waals surface area (Å²) in [4.78, 5) is 32.4. The first-order chi connectivity index (χ1) is 20.1. The van der Waals surface area contributed by atoms with Crippen LogP contribution in [0, 0.1) is 5.82 Å². The number of carbonyl (C=O) groups is 1. The minimum atomic E-state index is -1.17. The Morgan fingerprint density at radius 3 is 2.61 bits per heavy atom. The van der Waals surface area contributed by atoms with Crippen molar-refractivity contribution < 1.29 is 13.6 Å². The molecule has 2 aliphatic rings. The third-order valence-corrected chi connectivity index (χ3v) is 8.08. The highest BCUT2D eigenvalue weighted by molar-refractivity contribution is 7.15. The average Bonchev–Trinajstić information content (AvgIpc) is 3.62. The number of thiazole rings is 1. The molecular formula is C29H23FN8O2S.